The van der Waals surface area contributed by atoms with Gasteiger partial charge in [0.2, 0.25) is 5.91 Å². The van der Waals surface area contributed by atoms with E-state index in [-0.39, 0.29) is 17.2 Å². The van der Waals surface area contributed by atoms with E-state index in [2.05, 4.69) is 5.32 Å². The van der Waals surface area contributed by atoms with E-state index in [1.165, 1.54) is 12.1 Å². The van der Waals surface area contributed by atoms with Crippen LogP contribution in [0.4, 0.5) is 10.1 Å². The zero-order valence-corrected chi connectivity index (χ0v) is 13.5. The van der Waals surface area contributed by atoms with Gasteiger partial charge in [-0.2, -0.15) is 0 Å². The predicted octanol–water partition coefficient (Wildman–Crippen LogP) is 3.81. The summed E-state index contributed by atoms with van der Waals surface area (Å²) in [5.41, 5.74) is 2.35. The van der Waals surface area contributed by atoms with Gasteiger partial charge in [0.05, 0.1) is 16.7 Å². The number of carboxylic acids is 1. The number of amides is 1. The summed E-state index contributed by atoms with van der Waals surface area (Å²) in [6.07, 6.45) is 1.44. The first kappa shape index (κ1) is 16.2. The molecule has 4 nitrogen and oxygen atoms in total. The highest BCUT2D eigenvalue weighted by atomic mass is 19.1. The lowest BCUT2D eigenvalue weighted by Gasteiger charge is -2.17. The second-order valence-electron chi connectivity index (χ2n) is 6.41. The smallest absolute Gasteiger partial charge is 0.335 e. The third-order valence-electron chi connectivity index (χ3n) is 4.42. The monoisotopic (exact) mass is 327 g/mol. The van der Waals surface area contributed by atoms with Crippen LogP contribution in [-0.2, 0) is 10.2 Å². The van der Waals surface area contributed by atoms with Crippen LogP contribution in [0.15, 0.2) is 36.4 Å². The predicted molar refractivity (Wildman–Crippen MR) is 88.8 cm³/mol. The van der Waals surface area contributed by atoms with Crippen molar-refractivity contribution in [2.45, 2.75) is 32.1 Å². The first-order valence-electron chi connectivity index (χ1n) is 7.75. The molecule has 124 valence electrons. The number of carboxylic acid groups (broad SMARTS) is 1. The molecule has 24 heavy (non-hydrogen) atoms. The lowest BCUT2D eigenvalue weighted by molar-refractivity contribution is -0.118. The van der Waals surface area contributed by atoms with Crippen LogP contribution in [0.2, 0.25) is 0 Å². The molecule has 0 aromatic heterocycles. The topological polar surface area (TPSA) is 66.4 Å². The number of carbonyl (C=O) groups excluding carboxylic acids is 1. The van der Waals surface area contributed by atoms with E-state index in [1.807, 2.05) is 32.0 Å². The average molecular weight is 327 g/mol. The van der Waals surface area contributed by atoms with Gasteiger partial charge in [0.25, 0.3) is 0 Å². The number of benzene rings is 2. The van der Waals surface area contributed by atoms with Gasteiger partial charge in [-0.25, -0.2) is 9.18 Å². The van der Waals surface area contributed by atoms with Gasteiger partial charge in [0, 0.05) is 0 Å². The summed E-state index contributed by atoms with van der Waals surface area (Å²) in [6.45, 7) is 3.96. The molecule has 0 unspecified atom stereocenters. The third kappa shape index (κ3) is 2.89. The van der Waals surface area contributed by atoms with Crippen LogP contribution in [0.1, 0.15) is 39.9 Å². The van der Waals surface area contributed by atoms with Crippen molar-refractivity contribution in [2.24, 2.45) is 0 Å². The van der Waals surface area contributed by atoms with Crippen LogP contribution in [0.5, 0.6) is 0 Å². The van der Waals surface area contributed by atoms with Crippen molar-refractivity contribution in [2.75, 3.05) is 5.32 Å². The number of nitrogens with one attached hydrogen (secondary N) is 1. The van der Waals surface area contributed by atoms with E-state index >= 15 is 0 Å². The Labute approximate surface area is 139 Å². The van der Waals surface area contributed by atoms with Gasteiger partial charge in [0.15, 0.2) is 0 Å². The maximum Gasteiger partial charge on any atom is 0.335 e. The Morgan fingerprint density at radius 2 is 1.71 bits per heavy atom. The Morgan fingerprint density at radius 1 is 1.08 bits per heavy atom. The highest BCUT2D eigenvalue weighted by Crippen LogP contribution is 2.49. The van der Waals surface area contributed by atoms with Crippen LogP contribution in [0.3, 0.4) is 0 Å². The van der Waals surface area contributed by atoms with E-state index in [9.17, 15) is 14.0 Å². The summed E-state index contributed by atoms with van der Waals surface area (Å²) in [5.74, 6) is -2.21. The number of hydrogen-bond donors (Lipinski definition) is 2. The number of aromatic carboxylic acids is 1. The molecular weight excluding hydrogens is 309 g/mol. The molecule has 0 heterocycles. The fourth-order valence-corrected chi connectivity index (χ4v) is 3.01. The van der Waals surface area contributed by atoms with Gasteiger partial charge in [-0.1, -0.05) is 29.3 Å². The number of rotatable bonds is 4. The van der Waals surface area contributed by atoms with Crippen LogP contribution >= 0.6 is 0 Å². The molecular formula is C19H18FNO3. The van der Waals surface area contributed by atoms with Crippen molar-refractivity contribution in [3.05, 3.63) is 64.5 Å². The molecule has 0 aliphatic heterocycles. The van der Waals surface area contributed by atoms with Crippen molar-refractivity contribution in [1.82, 2.24) is 0 Å². The standard InChI is InChI=1S/C19H18FNO3/c1-11-7-12(2)9-14(8-11)19(5-6-19)18(24)21-16-4-3-13(17(22)23)10-15(16)20/h3-4,7-10H,5-6H2,1-2H3,(H,21,24)(H,22,23). The second kappa shape index (κ2) is 5.74. The molecule has 0 saturated heterocycles. The molecule has 1 amide bonds. The summed E-state index contributed by atoms with van der Waals surface area (Å²) in [6, 6.07) is 9.49. The van der Waals surface area contributed by atoms with E-state index < -0.39 is 17.2 Å². The fraction of sp³-hybridized carbons (Fsp3) is 0.263. The van der Waals surface area contributed by atoms with Crippen LogP contribution < -0.4 is 5.32 Å². The van der Waals surface area contributed by atoms with E-state index in [1.54, 1.807) is 0 Å². The van der Waals surface area contributed by atoms with Crippen molar-refractivity contribution in [3.8, 4) is 0 Å². The second-order valence-corrected chi connectivity index (χ2v) is 6.41. The number of aryl methyl sites for hydroxylation is 2. The van der Waals surface area contributed by atoms with E-state index in [0.717, 1.165) is 35.6 Å². The maximum atomic E-state index is 14.0. The van der Waals surface area contributed by atoms with Crippen LogP contribution in [-0.4, -0.2) is 17.0 Å². The Morgan fingerprint density at radius 3 is 2.21 bits per heavy atom. The molecule has 1 saturated carbocycles. The molecule has 1 aliphatic carbocycles. The highest BCUT2D eigenvalue weighted by Gasteiger charge is 2.51. The van der Waals surface area contributed by atoms with Crippen molar-refractivity contribution < 1.29 is 19.1 Å². The van der Waals surface area contributed by atoms with Crippen molar-refractivity contribution >= 4 is 17.6 Å². The Hall–Kier alpha value is -2.69. The third-order valence-corrected chi connectivity index (χ3v) is 4.42. The van der Waals surface area contributed by atoms with Crippen molar-refractivity contribution in [3.63, 3.8) is 0 Å². The zero-order chi connectivity index (χ0) is 17.5. The maximum absolute atomic E-state index is 14.0. The van der Waals surface area contributed by atoms with Crippen LogP contribution in [0, 0.1) is 19.7 Å². The largest absolute Gasteiger partial charge is 0.478 e. The minimum atomic E-state index is -1.21. The molecule has 2 N–H and O–H groups in total. The molecule has 0 radical (unpaired) electrons. The SMILES string of the molecule is Cc1cc(C)cc(C2(C(=O)Nc3ccc(C(=O)O)cc3F)CC2)c1. The molecule has 0 spiro atoms. The summed E-state index contributed by atoms with van der Waals surface area (Å²) in [7, 11) is 0. The molecule has 2 aromatic carbocycles. The lowest BCUT2D eigenvalue weighted by Crippen LogP contribution is -2.28. The summed E-state index contributed by atoms with van der Waals surface area (Å²) in [4.78, 5) is 23.5. The molecule has 0 bridgehead atoms. The summed E-state index contributed by atoms with van der Waals surface area (Å²) in [5, 5.41) is 11.5. The Balaban J connectivity index is 1.86. The lowest BCUT2D eigenvalue weighted by atomic mass is 9.92. The van der Waals surface area contributed by atoms with Crippen molar-refractivity contribution in [1.29, 1.82) is 0 Å². The van der Waals surface area contributed by atoms with Gasteiger partial charge in [-0.15, -0.1) is 0 Å². The molecule has 2 aromatic rings. The van der Waals surface area contributed by atoms with Gasteiger partial charge in [0.1, 0.15) is 5.82 Å². The quantitative estimate of drug-likeness (QED) is 0.897. The number of carbonyl (C=O) groups is 2. The first-order chi connectivity index (χ1) is 11.3. The van der Waals surface area contributed by atoms with Crippen LogP contribution in [0.25, 0.3) is 0 Å². The Bertz CT molecular complexity index is 820. The average Bonchev–Trinajstić information content (AvgIpc) is 3.29. The normalized spacial score (nSPS) is 15.0. The van der Waals surface area contributed by atoms with Gasteiger partial charge in [-0.3, -0.25) is 4.79 Å². The fourth-order valence-electron chi connectivity index (χ4n) is 3.01. The van der Waals surface area contributed by atoms with E-state index in [4.69, 9.17) is 5.11 Å². The first-order valence-corrected chi connectivity index (χ1v) is 7.75. The minimum absolute atomic E-state index is 0.000602. The van der Waals surface area contributed by atoms with Gasteiger partial charge >= 0.3 is 5.97 Å². The highest BCUT2D eigenvalue weighted by molar-refractivity contribution is 6.01. The molecule has 5 heteroatoms. The van der Waals surface area contributed by atoms with Gasteiger partial charge in [-0.05, 0) is 50.5 Å². The molecule has 1 aliphatic rings. The molecule has 0 atom stereocenters. The van der Waals surface area contributed by atoms with Gasteiger partial charge < -0.3 is 10.4 Å². The minimum Gasteiger partial charge on any atom is -0.478 e. The Kier molecular flexibility index (Phi) is 3.87. The zero-order valence-electron chi connectivity index (χ0n) is 13.5. The molecule has 3 rings (SSSR count). The summed E-state index contributed by atoms with van der Waals surface area (Å²) >= 11 is 0. The summed E-state index contributed by atoms with van der Waals surface area (Å²) < 4.78 is 14.0. The number of anilines is 1. The number of halogens is 1. The molecule has 1 fully saturated rings. The van der Waals surface area contributed by atoms with E-state index in [0.29, 0.717) is 0 Å². The number of hydrogen-bond acceptors (Lipinski definition) is 2.